The van der Waals surface area contributed by atoms with E-state index in [4.69, 9.17) is 4.42 Å². The van der Waals surface area contributed by atoms with Crippen molar-refractivity contribution in [2.75, 3.05) is 0 Å². The molecule has 0 radical (unpaired) electrons. The Morgan fingerprint density at radius 3 is 3.06 bits per heavy atom. The Morgan fingerprint density at radius 2 is 2.29 bits per heavy atom. The number of nitrogens with one attached hydrogen (secondary N) is 2. The second kappa shape index (κ2) is 4.98. The fourth-order valence-corrected chi connectivity index (χ4v) is 2.32. The zero-order valence-corrected chi connectivity index (χ0v) is 10.3. The standard InChI is InChI=1S/C12H15N3OS/c1-2-9(1)15-7-10-3-4-11(16-10)8-17-12-13-5-6-14-12/h3-6,9,15H,1-2,7-8H2,(H,13,14). The first kappa shape index (κ1) is 10.9. The summed E-state index contributed by atoms with van der Waals surface area (Å²) in [6.07, 6.45) is 6.20. The average molecular weight is 249 g/mol. The van der Waals surface area contributed by atoms with Gasteiger partial charge in [0.15, 0.2) is 5.16 Å². The number of H-pyrrole nitrogens is 1. The van der Waals surface area contributed by atoms with Gasteiger partial charge in [-0.05, 0) is 25.0 Å². The third kappa shape index (κ3) is 3.14. The lowest BCUT2D eigenvalue weighted by Crippen LogP contribution is -2.14. The predicted molar refractivity (Wildman–Crippen MR) is 66.7 cm³/mol. The molecule has 0 aliphatic heterocycles. The average Bonchev–Trinajstić information content (AvgIpc) is 2.86. The van der Waals surface area contributed by atoms with Crippen molar-refractivity contribution in [3.63, 3.8) is 0 Å². The highest BCUT2D eigenvalue weighted by Crippen LogP contribution is 2.22. The van der Waals surface area contributed by atoms with E-state index in [1.165, 1.54) is 12.8 Å². The van der Waals surface area contributed by atoms with Gasteiger partial charge in [-0.25, -0.2) is 4.98 Å². The van der Waals surface area contributed by atoms with Crippen molar-refractivity contribution in [1.82, 2.24) is 15.3 Å². The summed E-state index contributed by atoms with van der Waals surface area (Å²) >= 11 is 1.65. The molecule has 0 bridgehead atoms. The van der Waals surface area contributed by atoms with Crippen molar-refractivity contribution in [2.24, 2.45) is 0 Å². The fourth-order valence-electron chi connectivity index (χ4n) is 1.60. The van der Waals surface area contributed by atoms with E-state index in [1.54, 1.807) is 18.0 Å². The van der Waals surface area contributed by atoms with Crippen LogP contribution in [-0.4, -0.2) is 16.0 Å². The lowest BCUT2D eigenvalue weighted by Gasteiger charge is -1.98. The van der Waals surface area contributed by atoms with E-state index in [1.807, 2.05) is 18.3 Å². The molecular weight excluding hydrogens is 234 g/mol. The Labute approximate surface area is 104 Å². The molecule has 0 saturated heterocycles. The molecule has 4 nitrogen and oxygen atoms in total. The molecule has 1 aliphatic carbocycles. The molecule has 1 aliphatic rings. The van der Waals surface area contributed by atoms with Crippen LogP contribution in [0, 0.1) is 0 Å². The summed E-state index contributed by atoms with van der Waals surface area (Å²) in [5, 5.41) is 4.37. The molecule has 0 spiro atoms. The normalized spacial score (nSPS) is 15.3. The van der Waals surface area contributed by atoms with E-state index in [0.29, 0.717) is 0 Å². The van der Waals surface area contributed by atoms with Crippen molar-refractivity contribution < 1.29 is 4.42 Å². The van der Waals surface area contributed by atoms with Crippen molar-refractivity contribution in [3.8, 4) is 0 Å². The van der Waals surface area contributed by atoms with Gasteiger partial charge in [0.25, 0.3) is 0 Å². The number of furan rings is 1. The Bertz CT molecular complexity index is 462. The zero-order chi connectivity index (χ0) is 11.5. The first-order chi connectivity index (χ1) is 8.40. The number of hydrogen-bond acceptors (Lipinski definition) is 4. The molecular formula is C12H15N3OS. The molecule has 0 aromatic carbocycles. The summed E-state index contributed by atoms with van der Waals surface area (Å²) < 4.78 is 5.74. The molecule has 2 aromatic rings. The van der Waals surface area contributed by atoms with E-state index < -0.39 is 0 Å². The van der Waals surface area contributed by atoms with E-state index in [2.05, 4.69) is 15.3 Å². The lowest BCUT2D eigenvalue weighted by molar-refractivity contribution is 0.458. The smallest absolute Gasteiger partial charge is 0.165 e. The largest absolute Gasteiger partial charge is 0.464 e. The van der Waals surface area contributed by atoms with Crippen molar-refractivity contribution in [1.29, 1.82) is 0 Å². The highest BCUT2D eigenvalue weighted by Gasteiger charge is 2.20. The van der Waals surface area contributed by atoms with Gasteiger partial charge in [0.1, 0.15) is 11.5 Å². The quantitative estimate of drug-likeness (QED) is 0.772. The molecule has 3 rings (SSSR count). The Balaban J connectivity index is 1.49. The van der Waals surface area contributed by atoms with Crippen LogP contribution in [-0.2, 0) is 12.3 Å². The molecule has 0 atom stereocenters. The van der Waals surface area contributed by atoms with Crippen LogP contribution in [0.2, 0.25) is 0 Å². The zero-order valence-electron chi connectivity index (χ0n) is 9.48. The highest BCUT2D eigenvalue weighted by atomic mass is 32.2. The van der Waals surface area contributed by atoms with E-state index in [9.17, 15) is 0 Å². The maximum atomic E-state index is 5.74. The van der Waals surface area contributed by atoms with Crippen LogP contribution in [0.3, 0.4) is 0 Å². The molecule has 2 aromatic heterocycles. The monoisotopic (exact) mass is 249 g/mol. The van der Waals surface area contributed by atoms with E-state index in [0.717, 1.165) is 35.0 Å². The summed E-state index contributed by atoms with van der Waals surface area (Å²) in [5.41, 5.74) is 0. The van der Waals surface area contributed by atoms with Gasteiger partial charge >= 0.3 is 0 Å². The van der Waals surface area contributed by atoms with Crippen LogP contribution in [0.25, 0.3) is 0 Å². The Hall–Kier alpha value is -1.20. The van der Waals surface area contributed by atoms with Crippen molar-refractivity contribution >= 4 is 11.8 Å². The summed E-state index contributed by atoms with van der Waals surface area (Å²) in [5.74, 6) is 2.84. The first-order valence-corrected chi connectivity index (χ1v) is 6.82. The number of aromatic nitrogens is 2. The molecule has 0 unspecified atom stereocenters. The Kier molecular flexibility index (Phi) is 3.20. The molecule has 0 amide bonds. The van der Waals surface area contributed by atoms with Crippen molar-refractivity contribution in [2.45, 2.75) is 36.3 Å². The summed E-state index contributed by atoms with van der Waals surface area (Å²) in [6.45, 7) is 0.843. The van der Waals surface area contributed by atoms with Gasteiger partial charge in [0, 0.05) is 18.4 Å². The molecule has 1 saturated carbocycles. The second-order valence-corrected chi connectivity index (χ2v) is 5.17. The summed E-state index contributed by atoms with van der Waals surface area (Å²) in [7, 11) is 0. The van der Waals surface area contributed by atoms with E-state index >= 15 is 0 Å². The minimum absolute atomic E-state index is 0.723. The van der Waals surface area contributed by atoms with Crippen LogP contribution >= 0.6 is 11.8 Å². The van der Waals surface area contributed by atoms with Gasteiger partial charge < -0.3 is 14.7 Å². The predicted octanol–water partition coefficient (Wildman–Crippen LogP) is 2.55. The third-order valence-electron chi connectivity index (χ3n) is 2.68. The fraction of sp³-hybridized carbons (Fsp3) is 0.417. The van der Waals surface area contributed by atoms with Crippen molar-refractivity contribution in [3.05, 3.63) is 36.0 Å². The maximum absolute atomic E-state index is 5.74. The number of rotatable bonds is 6. The summed E-state index contributed by atoms with van der Waals surface area (Å²) in [6, 6.07) is 4.81. The highest BCUT2D eigenvalue weighted by molar-refractivity contribution is 7.98. The maximum Gasteiger partial charge on any atom is 0.165 e. The van der Waals surface area contributed by atoms with Crippen LogP contribution in [0.5, 0.6) is 0 Å². The number of nitrogens with zero attached hydrogens (tertiary/aromatic N) is 1. The summed E-state index contributed by atoms with van der Waals surface area (Å²) in [4.78, 5) is 7.22. The van der Waals surface area contributed by atoms with Gasteiger partial charge in [-0.2, -0.15) is 0 Å². The van der Waals surface area contributed by atoms with Gasteiger partial charge in [-0.3, -0.25) is 0 Å². The van der Waals surface area contributed by atoms with Gasteiger partial charge in [0.05, 0.1) is 12.3 Å². The third-order valence-corrected chi connectivity index (χ3v) is 3.61. The minimum Gasteiger partial charge on any atom is -0.464 e. The Morgan fingerprint density at radius 1 is 1.41 bits per heavy atom. The topological polar surface area (TPSA) is 53.9 Å². The number of hydrogen-bond donors (Lipinski definition) is 2. The molecule has 90 valence electrons. The number of aromatic amines is 1. The number of imidazole rings is 1. The molecule has 2 N–H and O–H groups in total. The second-order valence-electron chi connectivity index (χ2n) is 4.21. The van der Waals surface area contributed by atoms with Crippen LogP contribution in [0.15, 0.2) is 34.1 Å². The number of thioether (sulfide) groups is 1. The molecule has 17 heavy (non-hydrogen) atoms. The van der Waals surface area contributed by atoms with Crippen LogP contribution in [0.1, 0.15) is 24.4 Å². The van der Waals surface area contributed by atoms with Crippen LogP contribution < -0.4 is 5.32 Å². The van der Waals surface area contributed by atoms with Gasteiger partial charge in [-0.1, -0.05) is 11.8 Å². The molecule has 2 heterocycles. The van der Waals surface area contributed by atoms with E-state index in [-0.39, 0.29) is 0 Å². The minimum atomic E-state index is 0.723. The van der Waals surface area contributed by atoms with Gasteiger partial charge in [0.2, 0.25) is 0 Å². The SMILES string of the molecule is c1c[nH]c(SCc2ccc(CNC3CC3)o2)n1. The lowest BCUT2D eigenvalue weighted by atomic mass is 10.4. The van der Waals surface area contributed by atoms with Crippen LogP contribution in [0.4, 0.5) is 0 Å². The van der Waals surface area contributed by atoms with Gasteiger partial charge in [-0.15, -0.1) is 0 Å². The molecule has 1 fully saturated rings. The first-order valence-electron chi connectivity index (χ1n) is 5.83. The molecule has 5 heteroatoms.